The van der Waals surface area contributed by atoms with E-state index in [4.69, 9.17) is 5.73 Å². The highest BCUT2D eigenvalue weighted by molar-refractivity contribution is 5.81. The lowest BCUT2D eigenvalue weighted by molar-refractivity contribution is -0.122. The largest absolute Gasteiger partial charge is 0.330 e. The average Bonchev–Trinajstić information content (AvgIpc) is 2.29. The second-order valence-corrected chi connectivity index (χ2v) is 5.15. The first-order chi connectivity index (χ1) is 8.56. The molecule has 0 aromatic heterocycles. The van der Waals surface area contributed by atoms with Gasteiger partial charge in [0, 0.05) is 18.4 Å². The van der Waals surface area contributed by atoms with Crippen LogP contribution in [0.4, 0.5) is 8.78 Å². The van der Waals surface area contributed by atoms with Crippen molar-refractivity contribution in [1.82, 2.24) is 0 Å². The number of hydrogen-bond acceptors (Lipinski definition) is 2. The van der Waals surface area contributed by atoms with Crippen LogP contribution in [0.15, 0.2) is 18.2 Å². The summed E-state index contributed by atoms with van der Waals surface area (Å²) in [6.45, 7) is 0.471. The Bertz CT molecular complexity index is 429. The molecule has 2 N–H and O–H groups in total. The third-order valence-electron chi connectivity index (χ3n) is 3.86. The fourth-order valence-electron chi connectivity index (χ4n) is 2.51. The van der Waals surface area contributed by atoms with Gasteiger partial charge in [0.1, 0.15) is 17.4 Å². The van der Waals surface area contributed by atoms with Crippen molar-refractivity contribution in [1.29, 1.82) is 0 Å². The van der Waals surface area contributed by atoms with Crippen molar-refractivity contribution >= 4 is 5.78 Å². The summed E-state index contributed by atoms with van der Waals surface area (Å²) < 4.78 is 26.8. The minimum atomic E-state index is -0.654. The summed E-state index contributed by atoms with van der Waals surface area (Å²) >= 11 is 0. The lowest BCUT2D eigenvalue weighted by atomic mass is 9.65. The van der Waals surface area contributed by atoms with Crippen molar-refractivity contribution in [2.45, 2.75) is 32.1 Å². The normalized spacial score (nSPS) is 17.3. The number of hydrogen-bond donors (Lipinski definition) is 1. The van der Waals surface area contributed by atoms with Crippen molar-refractivity contribution in [2.24, 2.45) is 11.1 Å². The molecule has 0 aliphatic heterocycles. The summed E-state index contributed by atoms with van der Waals surface area (Å²) in [5.41, 5.74) is 5.43. The Morgan fingerprint density at radius 1 is 1.28 bits per heavy atom. The average molecular weight is 253 g/mol. The molecule has 0 bridgehead atoms. The summed E-state index contributed by atoms with van der Waals surface area (Å²) in [7, 11) is 0. The maximum Gasteiger partial charge on any atom is 0.138 e. The van der Waals surface area contributed by atoms with E-state index in [0.717, 1.165) is 19.3 Å². The molecule has 18 heavy (non-hydrogen) atoms. The zero-order valence-corrected chi connectivity index (χ0v) is 10.2. The molecule has 1 aliphatic rings. The maximum absolute atomic E-state index is 13.4. The number of Topliss-reactive ketones (excluding diaryl/α,β-unsaturated/α-hetero) is 1. The van der Waals surface area contributed by atoms with Crippen LogP contribution in [-0.4, -0.2) is 12.3 Å². The van der Waals surface area contributed by atoms with E-state index < -0.39 is 11.6 Å². The van der Waals surface area contributed by atoms with Gasteiger partial charge in [-0.25, -0.2) is 8.78 Å². The topological polar surface area (TPSA) is 43.1 Å². The fourth-order valence-corrected chi connectivity index (χ4v) is 2.51. The van der Waals surface area contributed by atoms with E-state index in [2.05, 4.69) is 0 Å². The highest BCUT2D eigenvalue weighted by Gasteiger charge is 2.37. The van der Waals surface area contributed by atoms with Crippen molar-refractivity contribution in [3.63, 3.8) is 0 Å². The van der Waals surface area contributed by atoms with Crippen LogP contribution in [0.3, 0.4) is 0 Å². The van der Waals surface area contributed by atoms with Crippen LogP contribution >= 0.6 is 0 Å². The molecule has 4 heteroatoms. The fraction of sp³-hybridized carbons (Fsp3) is 0.500. The van der Waals surface area contributed by atoms with Gasteiger partial charge >= 0.3 is 0 Å². The monoisotopic (exact) mass is 253 g/mol. The third kappa shape index (κ3) is 2.58. The van der Waals surface area contributed by atoms with Gasteiger partial charge in [0.25, 0.3) is 0 Å². The van der Waals surface area contributed by atoms with Crippen molar-refractivity contribution in [2.75, 3.05) is 6.54 Å². The Labute approximate surface area is 105 Å². The zero-order valence-electron chi connectivity index (χ0n) is 10.2. The van der Waals surface area contributed by atoms with E-state index >= 15 is 0 Å². The molecule has 0 atom stereocenters. The first-order valence-corrected chi connectivity index (χ1v) is 6.21. The molecule has 0 amide bonds. The number of rotatable bonds is 5. The van der Waals surface area contributed by atoms with Crippen molar-refractivity contribution in [3.05, 3.63) is 35.4 Å². The Morgan fingerprint density at radius 2 is 1.89 bits per heavy atom. The second-order valence-electron chi connectivity index (χ2n) is 5.15. The van der Waals surface area contributed by atoms with E-state index in [1.165, 1.54) is 18.2 Å². The van der Waals surface area contributed by atoms with Gasteiger partial charge < -0.3 is 5.73 Å². The molecule has 0 radical (unpaired) electrons. The summed E-state index contributed by atoms with van der Waals surface area (Å²) in [4.78, 5) is 11.9. The van der Waals surface area contributed by atoms with E-state index in [1.54, 1.807) is 0 Å². The zero-order chi connectivity index (χ0) is 13.2. The molecule has 1 fully saturated rings. The van der Waals surface area contributed by atoms with Gasteiger partial charge in [-0.2, -0.15) is 0 Å². The van der Waals surface area contributed by atoms with Crippen LogP contribution in [0.1, 0.15) is 31.2 Å². The summed E-state index contributed by atoms with van der Waals surface area (Å²) in [5.74, 6) is -1.44. The molecule has 0 saturated heterocycles. The Balaban J connectivity index is 2.03. The van der Waals surface area contributed by atoms with E-state index in [-0.39, 0.29) is 23.2 Å². The third-order valence-corrected chi connectivity index (χ3v) is 3.86. The van der Waals surface area contributed by atoms with Crippen LogP contribution < -0.4 is 5.73 Å². The molecule has 1 aromatic rings. The van der Waals surface area contributed by atoms with Crippen LogP contribution in [0, 0.1) is 17.0 Å². The van der Waals surface area contributed by atoms with Crippen LogP contribution in [0.2, 0.25) is 0 Å². The minimum Gasteiger partial charge on any atom is -0.330 e. The molecule has 1 aliphatic carbocycles. The summed E-state index contributed by atoms with van der Waals surface area (Å²) in [5, 5.41) is 0. The van der Waals surface area contributed by atoms with E-state index in [1.807, 2.05) is 0 Å². The van der Waals surface area contributed by atoms with E-state index in [0.29, 0.717) is 13.0 Å². The van der Waals surface area contributed by atoms with Gasteiger partial charge in [0.05, 0.1) is 0 Å². The predicted octanol–water partition coefficient (Wildman–Crippen LogP) is 2.60. The lowest BCUT2D eigenvalue weighted by Gasteiger charge is -2.40. The van der Waals surface area contributed by atoms with Gasteiger partial charge in [-0.15, -0.1) is 0 Å². The SMILES string of the molecule is NCC1(CC(=O)Cc2c(F)cccc2F)CCC1. The number of ketones is 1. The van der Waals surface area contributed by atoms with Crippen LogP contribution in [-0.2, 0) is 11.2 Å². The minimum absolute atomic E-state index is 0.112. The van der Waals surface area contributed by atoms with Gasteiger partial charge in [-0.3, -0.25) is 4.79 Å². The van der Waals surface area contributed by atoms with E-state index in [9.17, 15) is 13.6 Å². The predicted molar refractivity (Wildman–Crippen MR) is 65.0 cm³/mol. The van der Waals surface area contributed by atoms with Gasteiger partial charge in [-0.05, 0) is 36.9 Å². The highest BCUT2D eigenvalue weighted by atomic mass is 19.1. The lowest BCUT2D eigenvalue weighted by Crippen LogP contribution is -2.39. The second kappa shape index (κ2) is 5.14. The molecular weight excluding hydrogens is 236 g/mol. The molecule has 0 spiro atoms. The Morgan fingerprint density at radius 3 is 2.33 bits per heavy atom. The van der Waals surface area contributed by atoms with Crippen molar-refractivity contribution in [3.8, 4) is 0 Å². The number of carbonyl (C=O) groups is 1. The molecule has 1 saturated carbocycles. The Kier molecular flexibility index (Phi) is 3.76. The van der Waals surface area contributed by atoms with Crippen LogP contribution in [0.25, 0.3) is 0 Å². The summed E-state index contributed by atoms with van der Waals surface area (Å²) in [6, 6.07) is 3.65. The number of nitrogens with two attached hydrogens (primary N) is 1. The van der Waals surface area contributed by atoms with Crippen LogP contribution in [0.5, 0.6) is 0 Å². The maximum atomic E-state index is 13.4. The number of benzene rings is 1. The van der Waals surface area contributed by atoms with Gasteiger partial charge in [0.2, 0.25) is 0 Å². The quantitative estimate of drug-likeness (QED) is 0.876. The molecule has 2 nitrogen and oxygen atoms in total. The van der Waals surface area contributed by atoms with Gasteiger partial charge in [-0.1, -0.05) is 12.5 Å². The summed E-state index contributed by atoms with van der Waals surface area (Å²) in [6.07, 6.45) is 3.11. The molecule has 0 unspecified atom stereocenters. The standard InChI is InChI=1S/C14H17F2NO/c15-12-3-1-4-13(16)11(12)7-10(18)8-14(9-17)5-2-6-14/h1,3-4H,2,5-9,17H2. The number of carbonyl (C=O) groups excluding carboxylic acids is 1. The van der Waals surface area contributed by atoms with Gasteiger partial charge in [0.15, 0.2) is 0 Å². The molecule has 98 valence electrons. The first-order valence-electron chi connectivity index (χ1n) is 6.21. The van der Waals surface area contributed by atoms with Crippen molar-refractivity contribution < 1.29 is 13.6 Å². The molecule has 2 rings (SSSR count). The first kappa shape index (κ1) is 13.1. The Hall–Kier alpha value is -1.29. The molecular formula is C14H17F2NO. The number of halogens is 2. The smallest absolute Gasteiger partial charge is 0.138 e. The molecule has 0 heterocycles. The highest BCUT2D eigenvalue weighted by Crippen LogP contribution is 2.43. The molecule has 1 aromatic carbocycles.